The number of fused-ring (bicyclic) bond motifs is 10. The molecule has 6 nitrogen and oxygen atoms in total. The van der Waals surface area contributed by atoms with Crippen LogP contribution in [0.3, 0.4) is 0 Å². The van der Waals surface area contributed by atoms with Crippen LogP contribution in [0.2, 0.25) is 0 Å². The van der Waals surface area contributed by atoms with Gasteiger partial charge in [-0.2, -0.15) is 0 Å². The van der Waals surface area contributed by atoms with Gasteiger partial charge in [0.15, 0.2) is 18.5 Å². The molecule has 6 atom stereocenters. The van der Waals surface area contributed by atoms with Gasteiger partial charge in [-0.25, -0.2) is 0 Å². The Morgan fingerprint density at radius 2 is 0.976 bits per heavy atom. The molecule has 6 heterocycles. The minimum atomic E-state index is -0.0523. The van der Waals surface area contributed by atoms with Gasteiger partial charge >= 0.3 is 0 Å². The molecule has 3 aromatic carbocycles. The van der Waals surface area contributed by atoms with E-state index in [4.69, 9.17) is 0 Å². The Morgan fingerprint density at radius 1 is 0.500 bits per heavy atom. The van der Waals surface area contributed by atoms with Crippen LogP contribution < -0.4 is 16.0 Å². The molecule has 9 rings (SSSR count). The van der Waals surface area contributed by atoms with Crippen LogP contribution in [0.1, 0.15) is 41.5 Å². The third kappa shape index (κ3) is 2.62. The summed E-state index contributed by atoms with van der Waals surface area (Å²) in [5.74, 6) is 0. The molecule has 0 aromatic heterocycles. The molecular formula is C36H47N6+3. The smallest absolute Gasteiger partial charge is 0.176 e. The molecule has 3 N–H and O–H groups in total. The van der Waals surface area contributed by atoms with Gasteiger partial charge in [-0.1, -0.05) is 54.6 Å². The van der Waals surface area contributed by atoms with Crippen molar-refractivity contribution in [1.29, 1.82) is 0 Å². The van der Waals surface area contributed by atoms with Crippen molar-refractivity contribution < 1.29 is 13.4 Å². The predicted octanol–water partition coefficient (Wildman–Crippen LogP) is 4.84. The highest BCUT2D eigenvalue weighted by atomic mass is 15.5. The zero-order valence-electron chi connectivity index (χ0n) is 26.2. The fourth-order valence-corrected chi connectivity index (χ4v) is 11.4. The van der Waals surface area contributed by atoms with E-state index in [9.17, 15) is 0 Å². The van der Waals surface area contributed by atoms with Gasteiger partial charge in [-0.3, -0.25) is 0 Å². The van der Waals surface area contributed by atoms with Gasteiger partial charge in [0.1, 0.15) is 5.41 Å². The summed E-state index contributed by atoms with van der Waals surface area (Å²) in [4.78, 5) is 0. The molecule has 3 saturated heterocycles. The van der Waals surface area contributed by atoms with Crippen molar-refractivity contribution in [3.63, 3.8) is 0 Å². The average molecular weight is 564 g/mol. The van der Waals surface area contributed by atoms with Gasteiger partial charge in [-0.15, -0.1) is 0 Å². The van der Waals surface area contributed by atoms with E-state index in [1.54, 1.807) is 11.1 Å². The maximum absolute atomic E-state index is 4.38. The number of nitrogens with one attached hydrogen (secondary N) is 3. The molecule has 3 aromatic rings. The Bertz CT molecular complexity index is 1660. The first-order valence-electron chi connectivity index (χ1n) is 16.1. The molecule has 0 radical (unpaired) electrons. The van der Waals surface area contributed by atoms with Crippen molar-refractivity contribution >= 4 is 17.1 Å². The number of nitrogens with zero attached hydrogens (tertiary/aromatic N) is 3. The Kier molecular flexibility index (Phi) is 4.56. The Hall–Kier alpha value is -3.06. The van der Waals surface area contributed by atoms with E-state index in [0.29, 0.717) is 18.5 Å². The highest BCUT2D eigenvalue weighted by molar-refractivity contribution is 5.77. The molecule has 0 bridgehead atoms. The van der Waals surface area contributed by atoms with Crippen molar-refractivity contribution in [2.24, 2.45) is 0 Å². The van der Waals surface area contributed by atoms with E-state index in [0.717, 1.165) is 19.9 Å². The minimum Gasteiger partial charge on any atom is -0.335 e. The first kappa shape index (κ1) is 25.4. The SMILES string of the molecule is C[N+]1(C)CCC2(c3cccc4c3NC3C4(C45CC[N+](C)(C)C4Nc4ccccc45)CC[N+]3(C)C)c3ccccc3NC21. The zero-order chi connectivity index (χ0) is 28.9. The second-order valence-electron chi connectivity index (χ2n) is 16.1. The fourth-order valence-electron chi connectivity index (χ4n) is 11.4. The van der Waals surface area contributed by atoms with Crippen LogP contribution in [-0.2, 0) is 16.2 Å². The van der Waals surface area contributed by atoms with Crippen molar-refractivity contribution in [3.05, 3.63) is 89.0 Å². The maximum atomic E-state index is 4.38. The molecule has 0 aliphatic carbocycles. The van der Waals surface area contributed by atoms with Crippen LogP contribution in [0, 0.1) is 0 Å². The molecular weight excluding hydrogens is 516 g/mol. The largest absolute Gasteiger partial charge is 0.335 e. The number of hydrogen-bond acceptors (Lipinski definition) is 3. The standard InChI is InChI=1S/C36H47N6/c1-40(2)21-18-34(24-12-7-9-16-28(24)37-31(34)40)26-14-11-15-27-30(26)39-33-36(27,20-23-42(33,5)6)35-19-22-41(3,4)32(35)38-29-17-10-8-13-25(29)35/h7-17,31-33,37-39H,18-23H2,1-6H3/q+3. The summed E-state index contributed by atoms with van der Waals surface area (Å²) in [6.45, 7) is 3.55. The van der Waals surface area contributed by atoms with E-state index < -0.39 is 0 Å². The predicted molar refractivity (Wildman–Crippen MR) is 170 cm³/mol. The number of benzene rings is 3. The summed E-state index contributed by atoms with van der Waals surface area (Å²) < 4.78 is 3.01. The molecule has 6 aliphatic heterocycles. The molecule has 42 heavy (non-hydrogen) atoms. The number of likely N-dealkylation sites (tertiary alicyclic amines) is 3. The molecule has 0 saturated carbocycles. The van der Waals surface area contributed by atoms with Crippen LogP contribution in [0.4, 0.5) is 17.1 Å². The molecule has 0 spiro atoms. The molecule has 3 fully saturated rings. The maximum Gasteiger partial charge on any atom is 0.176 e. The van der Waals surface area contributed by atoms with Crippen molar-refractivity contribution in [2.75, 3.05) is 77.9 Å². The quantitative estimate of drug-likeness (QED) is 0.391. The second-order valence-corrected chi connectivity index (χ2v) is 16.1. The van der Waals surface area contributed by atoms with Crippen LogP contribution in [0.5, 0.6) is 0 Å². The Balaban J connectivity index is 1.33. The summed E-state index contributed by atoms with van der Waals surface area (Å²) in [5.41, 5.74) is 10.2. The number of para-hydroxylation sites is 3. The van der Waals surface area contributed by atoms with Crippen molar-refractivity contribution in [1.82, 2.24) is 0 Å². The first-order chi connectivity index (χ1) is 20.0. The number of likely N-dealkylation sites (N-methyl/N-ethyl adjacent to an activating group) is 3. The topological polar surface area (TPSA) is 36.1 Å². The fraction of sp³-hybridized carbons (Fsp3) is 0.500. The number of anilines is 3. The summed E-state index contributed by atoms with van der Waals surface area (Å²) in [6, 6.07) is 25.9. The monoisotopic (exact) mass is 563 g/mol. The van der Waals surface area contributed by atoms with Gasteiger partial charge in [0.2, 0.25) is 0 Å². The van der Waals surface area contributed by atoms with Gasteiger partial charge < -0.3 is 29.4 Å². The van der Waals surface area contributed by atoms with E-state index in [2.05, 4.69) is 125 Å². The van der Waals surface area contributed by atoms with E-state index in [-0.39, 0.29) is 16.2 Å². The van der Waals surface area contributed by atoms with Gasteiger partial charge in [0, 0.05) is 36.3 Å². The van der Waals surface area contributed by atoms with E-state index >= 15 is 0 Å². The van der Waals surface area contributed by atoms with E-state index in [1.165, 1.54) is 60.7 Å². The van der Waals surface area contributed by atoms with Crippen LogP contribution in [-0.4, -0.2) is 93.9 Å². The normalized spacial score (nSPS) is 38.4. The number of rotatable bonds is 2. The summed E-state index contributed by atoms with van der Waals surface area (Å²) in [5, 5.41) is 12.5. The summed E-state index contributed by atoms with van der Waals surface area (Å²) >= 11 is 0. The summed E-state index contributed by atoms with van der Waals surface area (Å²) in [6.07, 6.45) is 4.57. The Labute approximate surface area is 251 Å². The molecule has 6 heteroatoms. The second kappa shape index (κ2) is 7.53. The average Bonchev–Trinajstić information content (AvgIpc) is 3.76. The van der Waals surface area contributed by atoms with Crippen molar-refractivity contribution in [2.45, 2.75) is 54.0 Å². The van der Waals surface area contributed by atoms with Crippen LogP contribution >= 0.6 is 0 Å². The van der Waals surface area contributed by atoms with E-state index in [1.807, 2.05) is 0 Å². The Morgan fingerprint density at radius 3 is 1.69 bits per heavy atom. The number of quaternary nitrogens is 3. The van der Waals surface area contributed by atoms with Gasteiger partial charge in [0.05, 0.1) is 72.8 Å². The third-order valence-electron chi connectivity index (χ3n) is 13.2. The zero-order valence-corrected chi connectivity index (χ0v) is 26.2. The first-order valence-corrected chi connectivity index (χ1v) is 16.1. The highest BCUT2D eigenvalue weighted by Crippen LogP contribution is 2.69. The third-order valence-corrected chi connectivity index (χ3v) is 13.2. The number of hydrogen-bond donors (Lipinski definition) is 3. The molecule has 218 valence electrons. The van der Waals surface area contributed by atoms with Crippen LogP contribution in [0.15, 0.2) is 66.7 Å². The van der Waals surface area contributed by atoms with Crippen LogP contribution in [0.25, 0.3) is 0 Å². The molecule has 0 amide bonds. The molecule has 6 aliphatic rings. The minimum absolute atomic E-state index is 0.00119. The lowest BCUT2D eigenvalue weighted by atomic mass is 9.54. The molecule has 6 unspecified atom stereocenters. The lowest BCUT2D eigenvalue weighted by Gasteiger charge is -2.47. The lowest BCUT2D eigenvalue weighted by Crippen LogP contribution is -2.65. The highest BCUT2D eigenvalue weighted by Gasteiger charge is 2.78. The lowest BCUT2D eigenvalue weighted by molar-refractivity contribution is -0.906. The summed E-state index contributed by atoms with van der Waals surface area (Å²) in [7, 11) is 14.7. The van der Waals surface area contributed by atoms with Gasteiger partial charge in [-0.05, 0) is 34.4 Å². The van der Waals surface area contributed by atoms with Gasteiger partial charge in [0.25, 0.3) is 0 Å². The van der Waals surface area contributed by atoms with Crippen molar-refractivity contribution in [3.8, 4) is 0 Å².